The lowest BCUT2D eigenvalue weighted by molar-refractivity contribution is 0.0994. The summed E-state index contributed by atoms with van der Waals surface area (Å²) in [6, 6.07) is 6.41. The molecule has 3 aliphatic rings. The number of carbonyl (C=O) groups excluding carboxylic acids is 1. The van der Waals surface area contributed by atoms with E-state index >= 15 is 0 Å². The summed E-state index contributed by atoms with van der Waals surface area (Å²) in [6.07, 6.45) is 2.25. The molecule has 1 saturated heterocycles. The Morgan fingerprint density at radius 3 is 2.83 bits per heavy atom. The van der Waals surface area contributed by atoms with Gasteiger partial charge < -0.3 is 15.6 Å². The molecule has 0 amide bonds. The Labute approximate surface area is 183 Å². The van der Waals surface area contributed by atoms with Crippen LogP contribution in [-0.2, 0) is 12.8 Å². The molecule has 2 unspecified atom stereocenters. The molecule has 3 N–H and O–H groups in total. The number of piperidine rings is 1. The average molecular weight is 440 g/mol. The van der Waals surface area contributed by atoms with Crippen LogP contribution >= 0.6 is 23.4 Å². The number of benzene rings is 1. The number of Topliss-reactive ketones (excluding diaryl/α,β-unsaturated/α-hetero) is 1. The number of fused-ring (bicyclic) bond motifs is 3. The molecule has 2 aliphatic carbocycles. The molecule has 1 aromatic carbocycles. The van der Waals surface area contributed by atoms with E-state index in [1.54, 1.807) is 0 Å². The smallest absolute Gasteiger partial charge is 0.196 e. The molecule has 2 atom stereocenters. The summed E-state index contributed by atoms with van der Waals surface area (Å²) in [4.78, 5) is 28.5. The summed E-state index contributed by atoms with van der Waals surface area (Å²) in [5, 5.41) is 2.28. The highest BCUT2D eigenvalue weighted by atomic mass is 35.5. The van der Waals surface area contributed by atoms with Crippen molar-refractivity contribution in [1.82, 2.24) is 15.0 Å². The lowest BCUT2D eigenvalue weighted by Gasteiger charge is -2.21. The van der Waals surface area contributed by atoms with Gasteiger partial charge in [0.2, 0.25) is 0 Å². The number of nitrogens with zero attached hydrogens (tertiary/aromatic N) is 3. The van der Waals surface area contributed by atoms with Gasteiger partial charge in [-0.3, -0.25) is 4.79 Å². The molecule has 3 heterocycles. The van der Waals surface area contributed by atoms with E-state index in [1.165, 1.54) is 11.8 Å². The van der Waals surface area contributed by atoms with Gasteiger partial charge in [0, 0.05) is 41.7 Å². The van der Waals surface area contributed by atoms with Crippen LogP contribution in [0.25, 0.3) is 11.0 Å². The highest BCUT2D eigenvalue weighted by Gasteiger charge is 2.54. The van der Waals surface area contributed by atoms with Crippen molar-refractivity contribution in [2.75, 3.05) is 18.0 Å². The van der Waals surface area contributed by atoms with Crippen LogP contribution in [0.1, 0.15) is 35.0 Å². The Morgan fingerprint density at radius 1 is 1.27 bits per heavy atom. The average Bonchev–Trinajstić information content (AvgIpc) is 3.15. The predicted molar refractivity (Wildman–Crippen MR) is 119 cm³/mol. The van der Waals surface area contributed by atoms with Gasteiger partial charge in [0.15, 0.2) is 10.9 Å². The van der Waals surface area contributed by atoms with Crippen molar-refractivity contribution >= 4 is 46.0 Å². The first kappa shape index (κ1) is 18.7. The molecule has 1 aliphatic heterocycles. The maximum absolute atomic E-state index is 12.1. The van der Waals surface area contributed by atoms with Crippen molar-refractivity contribution in [2.24, 2.45) is 17.6 Å². The Kier molecular flexibility index (Phi) is 4.17. The van der Waals surface area contributed by atoms with Crippen molar-refractivity contribution in [3.63, 3.8) is 0 Å². The summed E-state index contributed by atoms with van der Waals surface area (Å²) in [7, 11) is 0. The lowest BCUT2D eigenvalue weighted by atomic mass is 10.1. The number of H-pyrrole nitrogens is 1. The molecule has 0 spiro atoms. The minimum absolute atomic E-state index is 0.223. The van der Waals surface area contributed by atoms with Crippen LogP contribution in [0.2, 0.25) is 5.02 Å². The van der Waals surface area contributed by atoms with E-state index < -0.39 is 0 Å². The number of nitrogens with one attached hydrogen (secondary N) is 1. The van der Waals surface area contributed by atoms with Crippen LogP contribution < -0.4 is 10.6 Å². The van der Waals surface area contributed by atoms with E-state index in [1.807, 2.05) is 6.07 Å². The molecule has 0 bridgehead atoms. The van der Waals surface area contributed by atoms with Crippen molar-refractivity contribution in [2.45, 2.75) is 42.3 Å². The van der Waals surface area contributed by atoms with Crippen LogP contribution in [0.3, 0.4) is 0 Å². The third-order valence-electron chi connectivity index (χ3n) is 6.75. The molecular formula is C22H22ClN5OS. The zero-order chi connectivity index (χ0) is 20.6. The molecule has 3 aromatic rings. The molecular weight excluding hydrogens is 418 g/mol. The number of aryl methyl sites for hydroxylation is 2. The number of anilines is 1. The number of rotatable bonds is 4. The normalized spacial score (nSPS) is 24.6. The van der Waals surface area contributed by atoms with Gasteiger partial charge in [-0.2, -0.15) is 0 Å². The Hall–Kier alpha value is -2.09. The van der Waals surface area contributed by atoms with E-state index in [4.69, 9.17) is 27.3 Å². The summed E-state index contributed by atoms with van der Waals surface area (Å²) in [6.45, 7) is 3.90. The van der Waals surface area contributed by atoms with E-state index in [2.05, 4.69) is 28.9 Å². The topological polar surface area (TPSA) is 87.9 Å². The fraction of sp³-hybridized carbons (Fsp3) is 0.409. The monoisotopic (exact) mass is 439 g/mol. The number of halogens is 1. The fourth-order valence-corrected chi connectivity index (χ4v) is 6.07. The van der Waals surface area contributed by atoms with Gasteiger partial charge >= 0.3 is 0 Å². The van der Waals surface area contributed by atoms with Crippen molar-refractivity contribution in [1.29, 1.82) is 0 Å². The number of hydrogen-bond donors (Lipinski definition) is 2. The SMILES string of the molecule is CCc1[nH]c2nc(Sc3ccc4c(c3)C(=O)CC4)nc(N3CC4C(N)C4C3)c2c1Cl. The second-order valence-corrected chi connectivity index (χ2v) is 9.90. The number of ketones is 1. The summed E-state index contributed by atoms with van der Waals surface area (Å²) in [5.74, 6) is 2.22. The van der Waals surface area contributed by atoms with Gasteiger partial charge in [0.1, 0.15) is 11.5 Å². The van der Waals surface area contributed by atoms with Gasteiger partial charge in [-0.25, -0.2) is 9.97 Å². The molecule has 6 rings (SSSR count). The highest BCUT2D eigenvalue weighted by Crippen LogP contribution is 2.47. The van der Waals surface area contributed by atoms with E-state index in [0.717, 1.165) is 64.5 Å². The molecule has 2 aromatic heterocycles. The molecule has 8 heteroatoms. The van der Waals surface area contributed by atoms with Crippen LogP contribution in [0.4, 0.5) is 5.82 Å². The molecule has 30 heavy (non-hydrogen) atoms. The number of hydrogen-bond acceptors (Lipinski definition) is 6. The predicted octanol–water partition coefficient (Wildman–Crippen LogP) is 3.85. The van der Waals surface area contributed by atoms with E-state index in [0.29, 0.717) is 34.5 Å². The van der Waals surface area contributed by atoms with Gasteiger partial charge in [-0.05, 0) is 54.1 Å². The van der Waals surface area contributed by atoms with Crippen LogP contribution in [0.5, 0.6) is 0 Å². The van der Waals surface area contributed by atoms with Crippen LogP contribution in [0, 0.1) is 11.8 Å². The van der Waals surface area contributed by atoms with Gasteiger partial charge in [0.05, 0.1) is 10.4 Å². The minimum Gasteiger partial charge on any atom is -0.355 e. The zero-order valence-electron chi connectivity index (χ0n) is 16.6. The Balaban J connectivity index is 1.41. The van der Waals surface area contributed by atoms with Gasteiger partial charge in [-0.1, -0.05) is 24.6 Å². The summed E-state index contributed by atoms with van der Waals surface area (Å²) < 4.78 is 0. The van der Waals surface area contributed by atoms with E-state index in [9.17, 15) is 4.79 Å². The second kappa shape index (κ2) is 6.70. The molecule has 6 nitrogen and oxygen atoms in total. The quantitative estimate of drug-likeness (QED) is 0.600. The second-order valence-electron chi connectivity index (χ2n) is 8.48. The fourth-order valence-electron chi connectivity index (χ4n) is 4.92. The summed E-state index contributed by atoms with van der Waals surface area (Å²) >= 11 is 8.19. The minimum atomic E-state index is 0.223. The molecule has 154 valence electrons. The van der Waals surface area contributed by atoms with E-state index in [-0.39, 0.29) is 5.78 Å². The first-order chi connectivity index (χ1) is 14.5. The maximum atomic E-state index is 12.1. The Bertz CT molecular complexity index is 1200. The molecule has 0 radical (unpaired) electrons. The lowest BCUT2D eigenvalue weighted by Crippen LogP contribution is -2.29. The molecule has 2 fully saturated rings. The third-order valence-corrected chi connectivity index (χ3v) is 8.02. The molecule has 1 saturated carbocycles. The van der Waals surface area contributed by atoms with Crippen LogP contribution in [-0.4, -0.2) is 39.9 Å². The maximum Gasteiger partial charge on any atom is 0.196 e. The zero-order valence-corrected chi connectivity index (χ0v) is 18.2. The standard InChI is InChI=1S/C22H22ClN5OS/c1-2-15-18(23)17-20(25-15)26-22(27-21(17)28-8-13-14(9-28)19(13)24)30-11-5-3-10-4-6-16(29)12(10)7-11/h3,5,7,13-14,19H,2,4,6,8-9,24H2,1H3,(H,25,26,27). The number of carbonyl (C=O) groups is 1. The van der Waals surface area contributed by atoms with Crippen molar-refractivity contribution < 1.29 is 4.79 Å². The first-order valence-corrected chi connectivity index (χ1v) is 11.7. The third kappa shape index (κ3) is 2.79. The van der Waals surface area contributed by atoms with Crippen molar-refractivity contribution in [3.05, 3.63) is 40.0 Å². The largest absolute Gasteiger partial charge is 0.355 e. The Morgan fingerprint density at radius 2 is 2.07 bits per heavy atom. The van der Waals surface area contributed by atoms with Crippen LogP contribution in [0.15, 0.2) is 28.3 Å². The number of aromatic nitrogens is 3. The summed E-state index contributed by atoms with van der Waals surface area (Å²) in [5.41, 5.74) is 9.87. The first-order valence-electron chi connectivity index (χ1n) is 10.5. The van der Waals surface area contributed by atoms with Gasteiger partial charge in [-0.15, -0.1) is 0 Å². The number of nitrogens with two attached hydrogens (primary N) is 1. The van der Waals surface area contributed by atoms with Crippen molar-refractivity contribution in [3.8, 4) is 0 Å². The number of aromatic amines is 1. The van der Waals surface area contributed by atoms with Gasteiger partial charge in [0.25, 0.3) is 0 Å². The highest BCUT2D eigenvalue weighted by molar-refractivity contribution is 7.99.